The largest absolute Gasteiger partial charge is 0.482 e. The molecule has 0 saturated heterocycles. The Morgan fingerprint density at radius 3 is 2.94 bits per heavy atom. The third-order valence-electron chi connectivity index (χ3n) is 2.26. The molecule has 0 aliphatic heterocycles. The molecule has 1 aromatic carbocycles. The highest BCUT2D eigenvalue weighted by Gasteiger charge is 2.07. The second-order valence-electron chi connectivity index (χ2n) is 3.68. The molecule has 4 nitrogen and oxygen atoms in total. The van der Waals surface area contributed by atoms with Crippen LogP contribution in [-0.2, 0) is 13.0 Å². The Morgan fingerprint density at radius 1 is 1.41 bits per heavy atom. The molecule has 90 valence electrons. The molecule has 0 bridgehead atoms. The Morgan fingerprint density at radius 2 is 2.24 bits per heavy atom. The first-order valence-corrected chi connectivity index (χ1v) is 5.77. The Kier molecular flexibility index (Phi) is 3.64. The van der Waals surface area contributed by atoms with Crippen molar-refractivity contribution in [2.75, 3.05) is 0 Å². The van der Waals surface area contributed by atoms with Crippen molar-refractivity contribution >= 4 is 11.6 Å². The standard InChI is InChI=1S/C12H13ClN2O2/c1-3-11-14-12(17-15-11)7-16-10-6-8(2)4-5-9(10)13/h4-6H,3,7H2,1-2H3. The molecule has 0 atom stereocenters. The Balaban J connectivity index is 2.04. The van der Waals surface area contributed by atoms with Crippen molar-refractivity contribution < 1.29 is 9.26 Å². The summed E-state index contributed by atoms with van der Waals surface area (Å²) in [6.45, 7) is 4.17. The highest BCUT2D eigenvalue weighted by Crippen LogP contribution is 2.25. The van der Waals surface area contributed by atoms with E-state index in [9.17, 15) is 0 Å². The molecular weight excluding hydrogens is 240 g/mol. The van der Waals surface area contributed by atoms with E-state index in [0.717, 1.165) is 12.0 Å². The van der Waals surface area contributed by atoms with Crippen molar-refractivity contribution in [3.63, 3.8) is 0 Å². The van der Waals surface area contributed by atoms with Crippen molar-refractivity contribution in [2.45, 2.75) is 26.9 Å². The highest BCUT2D eigenvalue weighted by atomic mass is 35.5. The van der Waals surface area contributed by atoms with Gasteiger partial charge in [-0.2, -0.15) is 4.98 Å². The Labute approximate surface area is 105 Å². The van der Waals surface area contributed by atoms with Crippen LogP contribution in [0.3, 0.4) is 0 Å². The van der Waals surface area contributed by atoms with Crippen molar-refractivity contribution in [3.8, 4) is 5.75 Å². The molecule has 0 amide bonds. The predicted octanol–water partition coefficient (Wildman–Crippen LogP) is 3.17. The van der Waals surface area contributed by atoms with Gasteiger partial charge in [0.25, 0.3) is 5.89 Å². The summed E-state index contributed by atoms with van der Waals surface area (Å²) in [6, 6.07) is 5.61. The summed E-state index contributed by atoms with van der Waals surface area (Å²) in [7, 11) is 0. The molecule has 1 aromatic heterocycles. The predicted molar refractivity (Wildman–Crippen MR) is 64.2 cm³/mol. The molecule has 17 heavy (non-hydrogen) atoms. The van der Waals surface area contributed by atoms with Gasteiger partial charge < -0.3 is 9.26 Å². The molecule has 0 unspecified atom stereocenters. The van der Waals surface area contributed by atoms with Gasteiger partial charge in [-0.3, -0.25) is 0 Å². The van der Waals surface area contributed by atoms with Gasteiger partial charge in [-0.05, 0) is 24.6 Å². The molecule has 0 saturated carbocycles. The van der Waals surface area contributed by atoms with E-state index in [-0.39, 0.29) is 6.61 Å². The fourth-order valence-electron chi connectivity index (χ4n) is 1.35. The number of nitrogens with zero attached hydrogens (tertiary/aromatic N) is 2. The van der Waals surface area contributed by atoms with E-state index in [1.165, 1.54) is 0 Å². The van der Waals surface area contributed by atoms with Crippen molar-refractivity contribution in [2.24, 2.45) is 0 Å². The SMILES string of the molecule is CCc1noc(COc2cc(C)ccc2Cl)n1. The topological polar surface area (TPSA) is 48.2 Å². The van der Waals surface area contributed by atoms with Crippen LogP contribution in [0.1, 0.15) is 24.2 Å². The van der Waals surface area contributed by atoms with Gasteiger partial charge in [-0.25, -0.2) is 0 Å². The minimum Gasteiger partial charge on any atom is -0.482 e. The monoisotopic (exact) mass is 252 g/mol. The summed E-state index contributed by atoms with van der Waals surface area (Å²) >= 11 is 6.00. The number of ether oxygens (including phenoxy) is 1. The molecule has 2 rings (SSSR count). The van der Waals surface area contributed by atoms with Gasteiger partial charge in [0.2, 0.25) is 0 Å². The van der Waals surface area contributed by atoms with Crippen molar-refractivity contribution in [1.82, 2.24) is 10.1 Å². The smallest absolute Gasteiger partial charge is 0.264 e. The Hall–Kier alpha value is -1.55. The van der Waals surface area contributed by atoms with Gasteiger partial charge in [0.05, 0.1) is 5.02 Å². The normalized spacial score (nSPS) is 10.5. The van der Waals surface area contributed by atoms with E-state index >= 15 is 0 Å². The number of hydrogen-bond donors (Lipinski definition) is 0. The van der Waals surface area contributed by atoms with Crippen LogP contribution < -0.4 is 4.74 Å². The summed E-state index contributed by atoms with van der Waals surface area (Å²) in [5, 5.41) is 4.36. The fourth-order valence-corrected chi connectivity index (χ4v) is 1.53. The van der Waals surface area contributed by atoms with Crippen LogP contribution in [-0.4, -0.2) is 10.1 Å². The summed E-state index contributed by atoms with van der Waals surface area (Å²) in [4.78, 5) is 4.15. The number of benzene rings is 1. The van der Waals surface area contributed by atoms with Gasteiger partial charge in [-0.1, -0.05) is 29.7 Å². The summed E-state index contributed by atoms with van der Waals surface area (Å²) in [6.07, 6.45) is 0.745. The lowest BCUT2D eigenvalue weighted by molar-refractivity contribution is 0.242. The van der Waals surface area contributed by atoms with E-state index in [0.29, 0.717) is 22.5 Å². The quantitative estimate of drug-likeness (QED) is 0.839. The summed E-state index contributed by atoms with van der Waals surface area (Å²) in [5.74, 6) is 1.77. The van der Waals surface area contributed by atoms with Crippen molar-refractivity contribution in [3.05, 3.63) is 40.5 Å². The van der Waals surface area contributed by atoms with E-state index in [1.807, 2.05) is 26.0 Å². The lowest BCUT2D eigenvalue weighted by Crippen LogP contribution is -1.97. The van der Waals surface area contributed by atoms with E-state index in [4.69, 9.17) is 20.9 Å². The lowest BCUT2D eigenvalue weighted by Gasteiger charge is -2.06. The minimum atomic E-state index is 0.232. The minimum absolute atomic E-state index is 0.232. The zero-order chi connectivity index (χ0) is 12.3. The molecular formula is C12H13ClN2O2. The third-order valence-corrected chi connectivity index (χ3v) is 2.58. The number of aryl methyl sites for hydroxylation is 2. The van der Waals surface area contributed by atoms with Crippen LogP contribution >= 0.6 is 11.6 Å². The number of aromatic nitrogens is 2. The maximum absolute atomic E-state index is 6.00. The average molecular weight is 253 g/mol. The van der Waals surface area contributed by atoms with Crippen molar-refractivity contribution in [1.29, 1.82) is 0 Å². The fraction of sp³-hybridized carbons (Fsp3) is 0.333. The van der Waals surface area contributed by atoms with Crippen LogP contribution in [0, 0.1) is 6.92 Å². The first-order chi connectivity index (χ1) is 8.19. The van der Waals surface area contributed by atoms with Gasteiger partial charge in [-0.15, -0.1) is 0 Å². The molecule has 0 N–H and O–H groups in total. The molecule has 2 aromatic rings. The summed E-state index contributed by atoms with van der Waals surface area (Å²) < 4.78 is 10.6. The van der Waals surface area contributed by atoms with Crippen LogP contribution in [0.2, 0.25) is 5.02 Å². The van der Waals surface area contributed by atoms with Crippen LogP contribution in [0.4, 0.5) is 0 Å². The van der Waals surface area contributed by atoms with Gasteiger partial charge in [0.1, 0.15) is 5.75 Å². The van der Waals surface area contributed by atoms with E-state index in [1.54, 1.807) is 6.07 Å². The first kappa shape index (κ1) is 11.9. The first-order valence-electron chi connectivity index (χ1n) is 5.39. The number of halogens is 1. The summed E-state index contributed by atoms with van der Waals surface area (Å²) in [5.41, 5.74) is 1.09. The highest BCUT2D eigenvalue weighted by molar-refractivity contribution is 6.32. The maximum atomic E-state index is 6.00. The number of hydrogen-bond acceptors (Lipinski definition) is 4. The van der Waals surface area contributed by atoms with Gasteiger partial charge in [0, 0.05) is 6.42 Å². The molecule has 0 radical (unpaired) electrons. The molecule has 0 spiro atoms. The molecule has 0 fully saturated rings. The lowest BCUT2D eigenvalue weighted by atomic mass is 10.2. The maximum Gasteiger partial charge on any atom is 0.264 e. The molecule has 1 heterocycles. The van der Waals surface area contributed by atoms with Crippen LogP contribution in [0.5, 0.6) is 5.75 Å². The molecule has 5 heteroatoms. The van der Waals surface area contributed by atoms with E-state index in [2.05, 4.69) is 10.1 Å². The number of rotatable bonds is 4. The second-order valence-corrected chi connectivity index (χ2v) is 4.09. The zero-order valence-electron chi connectivity index (χ0n) is 9.74. The van der Waals surface area contributed by atoms with Crippen LogP contribution in [0.25, 0.3) is 0 Å². The Bertz CT molecular complexity index is 511. The molecule has 0 aliphatic rings. The average Bonchev–Trinajstić information content (AvgIpc) is 2.78. The van der Waals surface area contributed by atoms with Crippen LogP contribution in [0.15, 0.2) is 22.7 Å². The van der Waals surface area contributed by atoms with Gasteiger partial charge in [0.15, 0.2) is 12.4 Å². The molecule has 0 aliphatic carbocycles. The second kappa shape index (κ2) is 5.19. The van der Waals surface area contributed by atoms with E-state index < -0.39 is 0 Å². The van der Waals surface area contributed by atoms with Gasteiger partial charge >= 0.3 is 0 Å². The zero-order valence-corrected chi connectivity index (χ0v) is 10.5. The third kappa shape index (κ3) is 2.97.